The Hall–Kier alpha value is -2.10. The van der Waals surface area contributed by atoms with Gasteiger partial charge in [0.15, 0.2) is 0 Å². The van der Waals surface area contributed by atoms with E-state index in [1.54, 1.807) is 20.8 Å². The van der Waals surface area contributed by atoms with Crippen molar-refractivity contribution >= 4 is 39.3 Å². The standard InChI is InChI=1S/C18H24ClN3O5S/c1-18(2,3)27-17(24)21-10-12-22(13-11-21)28(25,26)15-6-4-14(5-7-15)20-16(23)8-9-19/h4-9H,10-13H2,1-3H3,(H,20,23)/b9-8+. The van der Waals surface area contributed by atoms with Crippen LogP contribution < -0.4 is 5.32 Å². The van der Waals surface area contributed by atoms with E-state index >= 15 is 0 Å². The molecule has 1 aromatic carbocycles. The van der Waals surface area contributed by atoms with Crippen molar-refractivity contribution in [3.8, 4) is 0 Å². The van der Waals surface area contributed by atoms with Crippen LogP contribution in [0, 0.1) is 0 Å². The average Bonchev–Trinajstić information content (AvgIpc) is 2.61. The normalized spacial score (nSPS) is 16.2. The number of anilines is 1. The lowest BCUT2D eigenvalue weighted by Gasteiger charge is -2.35. The summed E-state index contributed by atoms with van der Waals surface area (Å²) >= 11 is 5.34. The highest BCUT2D eigenvalue weighted by Gasteiger charge is 2.31. The van der Waals surface area contributed by atoms with Crippen LogP contribution in [0.1, 0.15) is 20.8 Å². The summed E-state index contributed by atoms with van der Waals surface area (Å²) in [6.45, 7) is 6.22. The highest BCUT2D eigenvalue weighted by molar-refractivity contribution is 7.89. The van der Waals surface area contributed by atoms with Crippen molar-refractivity contribution in [2.75, 3.05) is 31.5 Å². The third-order valence-corrected chi connectivity index (χ3v) is 5.90. The van der Waals surface area contributed by atoms with Crippen LogP contribution in [0.3, 0.4) is 0 Å². The lowest BCUT2D eigenvalue weighted by molar-refractivity contribution is -0.111. The number of nitrogens with zero attached hydrogens (tertiary/aromatic N) is 2. The van der Waals surface area contributed by atoms with Gasteiger partial charge in [0, 0.05) is 43.5 Å². The molecule has 154 valence electrons. The summed E-state index contributed by atoms with van der Waals surface area (Å²) in [6.07, 6.45) is 0.701. The number of carbonyl (C=O) groups is 2. The van der Waals surface area contributed by atoms with E-state index in [4.69, 9.17) is 16.3 Å². The van der Waals surface area contributed by atoms with Gasteiger partial charge in [0.25, 0.3) is 0 Å². The highest BCUT2D eigenvalue weighted by Crippen LogP contribution is 2.21. The van der Waals surface area contributed by atoms with Gasteiger partial charge in [0.1, 0.15) is 5.60 Å². The lowest BCUT2D eigenvalue weighted by Crippen LogP contribution is -2.51. The van der Waals surface area contributed by atoms with E-state index in [2.05, 4.69) is 5.32 Å². The molecule has 1 fully saturated rings. The number of hydrogen-bond donors (Lipinski definition) is 1. The molecule has 0 atom stereocenters. The van der Waals surface area contributed by atoms with Gasteiger partial charge in [-0.05, 0) is 45.0 Å². The SMILES string of the molecule is CC(C)(C)OC(=O)N1CCN(S(=O)(=O)c2ccc(NC(=O)/C=C/Cl)cc2)CC1. The third-order valence-electron chi connectivity index (χ3n) is 3.86. The number of ether oxygens (including phenoxy) is 1. The van der Waals surface area contributed by atoms with E-state index in [9.17, 15) is 18.0 Å². The Morgan fingerprint density at radius 3 is 2.18 bits per heavy atom. The average molecular weight is 430 g/mol. The number of sulfonamides is 1. The fourth-order valence-corrected chi connectivity index (χ4v) is 4.07. The number of benzene rings is 1. The molecule has 8 nitrogen and oxygen atoms in total. The second-order valence-electron chi connectivity index (χ2n) is 7.18. The van der Waals surface area contributed by atoms with Crippen molar-refractivity contribution < 1.29 is 22.7 Å². The first-order chi connectivity index (χ1) is 13.0. The quantitative estimate of drug-likeness (QED) is 0.742. The maximum Gasteiger partial charge on any atom is 0.410 e. The first kappa shape index (κ1) is 22.2. The molecule has 0 unspecified atom stereocenters. The zero-order chi connectivity index (χ0) is 20.9. The van der Waals surface area contributed by atoms with Crippen LogP contribution in [0.4, 0.5) is 10.5 Å². The largest absolute Gasteiger partial charge is 0.444 e. The van der Waals surface area contributed by atoms with Gasteiger partial charge >= 0.3 is 6.09 Å². The van der Waals surface area contributed by atoms with Gasteiger partial charge in [0.2, 0.25) is 15.9 Å². The molecule has 2 amide bonds. The lowest BCUT2D eigenvalue weighted by atomic mass is 10.2. The molecule has 2 rings (SSSR count). The first-order valence-electron chi connectivity index (χ1n) is 8.69. The Morgan fingerprint density at radius 1 is 1.11 bits per heavy atom. The third kappa shape index (κ3) is 5.95. The Balaban J connectivity index is 2.00. The molecule has 0 bridgehead atoms. The van der Waals surface area contributed by atoms with Crippen LogP contribution in [-0.4, -0.2) is 61.4 Å². The molecular weight excluding hydrogens is 406 g/mol. The van der Waals surface area contributed by atoms with Crippen LogP contribution in [0.5, 0.6) is 0 Å². The van der Waals surface area contributed by atoms with E-state index in [-0.39, 0.29) is 31.1 Å². The maximum absolute atomic E-state index is 12.8. The zero-order valence-corrected chi connectivity index (χ0v) is 17.6. The van der Waals surface area contributed by atoms with E-state index < -0.39 is 27.6 Å². The first-order valence-corrected chi connectivity index (χ1v) is 10.6. The molecule has 0 radical (unpaired) electrons. The summed E-state index contributed by atoms with van der Waals surface area (Å²) in [5, 5.41) is 2.56. The van der Waals surface area contributed by atoms with Gasteiger partial charge in [-0.2, -0.15) is 4.31 Å². The fourth-order valence-electron chi connectivity index (χ4n) is 2.54. The molecule has 1 heterocycles. The summed E-state index contributed by atoms with van der Waals surface area (Å²) in [7, 11) is -3.69. The number of nitrogens with one attached hydrogen (secondary N) is 1. The van der Waals surface area contributed by atoms with Gasteiger partial charge in [-0.15, -0.1) is 0 Å². The predicted octanol–water partition coefficient (Wildman–Crippen LogP) is 2.62. The second kappa shape index (κ2) is 8.93. The van der Waals surface area contributed by atoms with Gasteiger partial charge in [-0.25, -0.2) is 13.2 Å². The summed E-state index contributed by atoms with van der Waals surface area (Å²) in [6, 6.07) is 5.86. The minimum Gasteiger partial charge on any atom is -0.444 e. The molecule has 1 aliphatic heterocycles. The summed E-state index contributed by atoms with van der Waals surface area (Å²) in [4.78, 5) is 25.2. The van der Waals surface area contributed by atoms with Crippen LogP contribution in [0.25, 0.3) is 0 Å². The molecule has 28 heavy (non-hydrogen) atoms. The molecule has 10 heteroatoms. The molecule has 0 saturated carbocycles. The molecule has 0 spiro atoms. The van der Waals surface area contributed by atoms with Gasteiger partial charge in [-0.1, -0.05) is 11.6 Å². The van der Waals surface area contributed by atoms with Crippen molar-refractivity contribution in [1.29, 1.82) is 0 Å². The van der Waals surface area contributed by atoms with Crippen molar-refractivity contribution in [3.05, 3.63) is 35.9 Å². The number of amides is 2. The van der Waals surface area contributed by atoms with Crippen molar-refractivity contribution in [2.24, 2.45) is 0 Å². The molecule has 1 saturated heterocycles. The number of carbonyl (C=O) groups excluding carboxylic acids is 2. The Labute approximate surface area is 170 Å². The highest BCUT2D eigenvalue weighted by atomic mass is 35.5. The van der Waals surface area contributed by atoms with E-state index in [0.29, 0.717) is 5.69 Å². The molecule has 0 aliphatic carbocycles. The van der Waals surface area contributed by atoms with Crippen molar-refractivity contribution in [1.82, 2.24) is 9.21 Å². The molecular formula is C18H24ClN3O5S. The maximum atomic E-state index is 12.8. The Morgan fingerprint density at radius 2 is 1.68 bits per heavy atom. The number of hydrogen-bond acceptors (Lipinski definition) is 5. The number of rotatable bonds is 4. The smallest absolute Gasteiger partial charge is 0.410 e. The van der Waals surface area contributed by atoms with E-state index in [0.717, 1.165) is 11.6 Å². The zero-order valence-electron chi connectivity index (χ0n) is 16.0. The second-order valence-corrected chi connectivity index (χ2v) is 9.37. The predicted molar refractivity (Wildman–Crippen MR) is 107 cm³/mol. The molecule has 0 aromatic heterocycles. The van der Waals surface area contributed by atoms with Crippen molar-refractivity contribution in [2.45, 2.75) is 31.3 Å². The van der Waals surface area contributed by atoms with Crippen LogP contribution in [0.2, 0.25) is 0 Å². The number of piperazine rings is 1. The number of halogens is 1. The van der Waals surface area contributed by atoms with E-state index in [1.807, 2.05) is 0 Å². The summed E-state index contributed by atoms with van der Waals surface area (Å²) in [5.41, 5.74) is 0.940. The molecule has 1 aromatic rings. The summed E-state index contributed by atoms with van der Waals surface area (Å²) in [5.74, 6) is -0.413. The Kier molecular flexibility index (Phi) is 7.08. The monoisotopic (exact) mass is 429 g/mol. The summed E-state index contributed by atoms with van der Waals surface area (Å²) < 4.78 is 32.3. The van der Waals surface area contributed by atoms with Gasteiger partial charge in [0.05, 0.1) is 4.90 Å². The van der Waals surface area contributed by atoms with Crippen LogP contribution in [-0.2, 0) is 19.6 Å². The minimum absolute atomic E-state index is 0.115. The Bertz CT molecular complexity index is 839. The van der Waals surface area contributed by atoms with E-state index in [1.165, 1.54) is 33.5 Å². The van der Waals surface area contributed by atoms with Crippen LogP contribution in [0.15, 0.2) is 40.8 Å². The fraction of sp³-hybridized carbons (Fsp3) is 0.444. The van der Waals surface area contributed by atoms with Crippen molar-refractivity contribution in [3.63, 3.8) is 0 Å². The van der Waals surface area contributed by atoms with Gasteiger partial charge < -0.3 is 15.0 Å². The molecule has 1 aliphatic rings. The molecule has 1 N–H and O–H groups in total. The van der Waals surface area contributed by atoms with Crippen LogP contribution >= 0.6 is 11.6 Å². The topological polar surface area (TPSA) is 96.0 Å². The van der Waals surface area contributed by atoms with Gasteiger partial charge in [-0.3, -0.25) is 4.79 Å². The minimum atomic E-state index is -3.69.